The molecule has 10 heteroatoms. The van der Waals surface area contributed by atoms with Crippen molar-refractivity contribution in [3.63, 3.8) is 0 Å². The second-order valence-electron chi connectivity index (χ2n) is 7.42. The van der Waals surface area contributed by atoms with Crippen molar-refractivity contribution in [3.05, 3.63) is 53.0 Å². The molecule has 3 N–H and O–H groups in total. The molecule has 31 heavy (non-hydrogen) atoms. The Bertz CT molecular complexity index is 1110. The summed E-state index contributed by atoms with van der Waals surface area (Å²) in [5, 5.41) is 10.4. The predicted molar refractivity (Wildman–Crippen MR) is 118 cm³/mol. The number of amides is 2. The Labute approximate surface area is 180 Å². The van der Waals surface area contributed by atoms with E-state index in [1.165, 1.54) is 13.4 Å². The van der Waals surface area contributed by atoms with E-state index in [2.05, 4.69) is 26.2 Å². The molecule has 2 aromatic heterocycles. The Hall–Kier alpha value is -3.50. The van der Waals surface area contributed by atoms with Gasteiger partial charge in [-0.3, -0.25) is 14.4 Å². The summed E-state index contributed by atoms with van der Waals surface area (Å²) in [5.41, 5.74) is 6.36. The minimum atomic E-state index is -0.353. The highest BCUT2D eigenvalue weighted by atomic mass is 16.6. The third kappa shape index (κ3) is 4.98. The largest absolute Gasteiger partial charge is 0.351 e. The molecule has 0 saturated heterocycles. The average molecular weight is 425 g/mol. The van der Waals surface area contributed by atoms with E-state index >= 15 is 0 Å². The number of hydrogen-bond acceptors (Lipinski definition) is 7. The number of hydroxylamine groups is 1. The number of carbonyl (C=O) groups is 2. The van der Waals surface area contributed by atoms with E-state index in [4.69, 9.17) is 4.84 Å². The number of nitrogens with one attached hydrogen (secondary N) is 3. The van der Waals surface area contributed by atoms with Crippen LogP contribution in [0.5, 0.6) is 0 Å². The third-order valence-corrected chi connectivity index (χ3v) is 4.86. The van der Waals surface area contributed by atoms with Gasteiger partial charge in [-0.05, 0) is 51.2 Å². The minimum Gasteiger partial charge on any atom is -0.351 e. The van der Waals surface area contributed by atoms with Crippen LogP contribution in [0.2, 0.25) is 0 Å². The molecule has 1 aromatic carbocycles. The number of aromatic nitrogens is 3. The number of anilines is 2. The van der Waals surface area contributed by atoms with Gasteiger partial charge in [0.25, 0.3) is 11.8 Å². The highest BCUT2D eigenvalue weighted by molar-refractivity contribution is 5.99. The van der Waals surface area contributed by atoms with Gasteiger partial charge in [-0.1, -0.05) is 6.07 Å². The average Bonchev–Trinajstić information content (AvgIpc) is 3.07. The topological polar surface area (TPSA) is 113 Å². The Balaban J connectivity index is 1.92. The standard InChI is InChI=1S/C21H27N7O3/c1-13-6-7-15(20(29)26-31-5)10-17(13)25-19-18-14(2)16(11-28(18)24-12-23-19)21(30)22-8-9-27(3)4/h6-7,10-12H,8-9H2,1-5H3,(H,22,30)(H,26,29)(H,23,24,25). The molecular weight excluding hydrogens is 398 g/mol. The molecule has 0 bridgehead atoms. The number of likely N-dealkylation sites (N-methyl/N-ethyl adjacent to an activating group) is 1. The van der Waals surface area contributed by atoms with Crippen LogP contribution in [0.15, 0.2) is 30.7 Å². The molecule has 3 rings (SSSR count). The molecule has 0 aliphatic rings. The highest BCUT2D eigenvalue weighted by Crippen LogP contribution is 2.27. The fourth-order valence-electron chi connectivity index (χ4n) is 3.15. The minimum absolute atomic E-state index is 0.162. The predicted octanol–water partition coefficient (Wildman–Crippen LogP) is 1.67. The molecule has 2 heterocycles. The Morgan fingerprint density at radius 1 is 1.19 bits per heavy atom. The van der Waals surface area contributed by atoms with Crippen molar-refractivity contribution in [3.8, 4) is 0 Å². The molecule has 10 nitrogen and oxygen atoms in total. The van der Waals surface area contributed by atoms with Crippen LogP contribution < -0.4 is 16.1 Å². The maximum Gasteiger partial charge on any atom is 0.274 e. The first kappa shape index (κ1) is 22.2. The molecule has 0 aliphatic heterocycles. The van der Waals surface area contributed by atoms with Gasteiger partial charge in [-0.2, -0.15) is 5.10 Å². The molecule has 0 fully saturated rings. The van der Waals surface area contributed by atoms with E-state index in [0.29, 0.717) is 34.7 Å². The highest BCUT2D eigenvalue weighted by Gasteiger charge is 2.18. The summed E-state index contributed by atoms with van der Waals surface area (Å²) in [6.45, 7) is 5.08. The summed E-state index contributed by atoms with van der Waals surface area (Å²) in [4.78, 5) is 35.8. The Kier molecular flexibility index (Phi) is 6.83. The zero-order chi connectivity index (χ0) is 22.5. The number of fused-ring (bicyclic) bond motifs is 1. The number of carbonyl (C=O) groups excluding carboxylic acids is 2. The SMILES string of the molecule is CONC(=O)c1ccc(C)c(Nc2ncnn3cc(C(=O)NCCN(C)C)c(C)c23)c1. The maximum atomic E-state index is 12.7. The Morgan fingerprint density at radius 2 is 1.97 bits per heavy atom. The van der Waals surface area contributed by atoms with Crippen LogP contribution >= 0.6 is 0 Å². The van der Waals surface area contributed by atoms with Gasteiger partial charge in [0.15, 0.2) is 5.82 Å². The smallest absolute Gasteiger partial charge is 0.274 e. The molecule has 2 amide bonds. The van der Waals surface area contributed by atoms with Crippen molar-refractivity contribution in [1.82, 2.24) is 30.3 Å². The van der Waals surface area contributed by atoms with E-state index in [9.17, 15) is 9.59 Å². The van der Waals surface area contributed by atoms with Crippen LogP contribution in [0.25, 0.3) is 5.52 Å². The van der Waals surface area contributed by atoms with Crippen molar-refractivity contribution < 1.29 is 14.4 Å². The molecule has 0 spiro atoms. The fraction of sp³-hybridized carbons (Fsp3) is 0.333. The maximum absolute atomic E-state index is 12.7. The van der Waals surface area contributed by atoms with Gasteiger partial charge in [-0.25, -0.2) is 15.0 Å². The zero-order valence-corrected chi connectivity index (χ0v) is 18.3. The molecule has 164 valence electrons. The summed E-state index contributed by atoms with van der Waals surface area (Å²) < 4.78 is 1.63. The fourth-order valence-corrected chi connectivity index (χ4v) is 3.15. The van der Waals surface area contributed by atoms with E-state index in [-0.39, 0.29) is 11.8 Å². The lowest BCUT2D eigenvalue weighted by Crippen LogP contribution is -2.31. The van der Waals surface area contributed by atoms with Gasteiger partial charge in [0.2, 0.25) is 0 Å². The number of nitrogens with zero attached hydrogens (tertiary/aromatic N) is 4. The first-order valence-electron chi connectivity index (χ1n) is 9.78. The molecule has 0 radical (unpaired) electrons. The lowest BCUT2D eigenvalue weighted by molar-refractivity contribution is 0.0537. The molecule has 0 aliphatic carbocycles. The van der Waals surface area contributed by atoms with Gasteiger partial charge >= 0.3 is 0 Å². The number of aryl methyl sites for hydroxylation is 2. The van der Waals surface area contributed by atoms with Crippen molar-refractivity contribution in [1.29, 1.82) is 0 Å². The molecule has 3 aromatic rings. The summed E-state index contributed by atoms with van der Waals surface area (Å²) in [7, 11) is 5.29. The lowest BCUT2D eigenvalue weighted by atomic mass is 10.1. The quantitative estimate of drug-likeness (QED) is 0.471. The van der Waals surface area contributed by atoms with Crippen molar-refractivity contribution >= 4 is 28.8 Å². The first-order chi connectivity index (χ1) is 14.8. The monoisotopic (exact) mass is 425 g/mol. The van der Waals surface area contributed by atoms with Crippen LogP contribution in [0.1, 0.15) is 31.8 Å². The van der Waals surface area contributed by atoms with Crippen LogP contribution in [-0.2, 0) is 4.84 Å². The van der Waals surface area contributed by atoms with Gasteiger partial charge in [0.05, 0.1) is 12.7 Å². The molecule has 0 atom stereocenters. The van der Waals surface area contributed by atoms with Gasteiger partial charge in [0.1, 0.15) is 11.8 Å². The van der Waals surface area contributed by atoms with Crippen LogP contribution in [0.3, 0.4) is 0 Å². The normalized spacial score (nSPS) is 11.0. The third-order valence-electron chi connectivity index (χ3n) is 4.86. The summed E-state index contributed by atoms with van der Waals surface area (Å²) >= 11 is 0. The van der Waals surface area contributed by atoms with Crippen molar-refractivity contribution in [2.24, 2.45) is 0 Å². The van der Waals surface area contributed by atoms with Crippen LogP contribution in [0, 0.1) is 13.8 Å². The van der Waals surface area contributed by atoms with Gasteiger partial charge in [-0.15, -0.1) is 0 Å². The van der Waals surface area contributed by atoms with E-state index in [1.54, 1.807) is 22.8 Å². The molecule has 0 saturated carbocycles. The zero-order valence-electron chi connectivity index (χ0n) is 18.3. The van der Waals surface area contributed by atoms with Crippen LogP contribution in [-0.4, -0.2) is 65.6 Å². The number of hydrogen-bond donors (Lipinski definition) is 3. The second-order valence-corrected chi connectivity index (χ2v) is 7.42. The summed E-state index contributed by atoms with van der Waals surface area (Å²) in [6.07, 6.45) is 3.11. The number of benzene rings is 1. The van der Waals surface area contributed by atoms with Gasteiger partial charge < -0.3 is 15.5 Å². The molecular formula is C21H27N7O3. The van der Waals surface area contributed by atoms with Crippen LogP contribution in [0.4, 0.5) is 11.5 Å². The van der Waals surface area contributed by atoms with Crippen molar-refractivity contribution in [2.75, 3.05) is 39.6 Å². The van der Waals surface area contributed by atoms with E-state index in [0.717, 1.165) is 17.7 Å². The summed E-state index contributed by atoms with van der Waals surface area (Å²) in [6, 6.07) is 5.26. The summed E-state index contributed by atoms with van der Waals surface area (Å²) in [5.74, 6) is 0.0198. The first-order valence-corrected chi connectivity index (χ1v) is 9.78. The lowest BCUT2D eigenvalue weighted by Gasteiger charge is -2.12. The molecule has 0 unspecified atom stereocenters. The van der Waals surface area contributed by atoms with Crippen molar-refractivity contribution in [2.45, 2.75) is 13.8 Å². The van der Waals surface area contributed by atoms with E-state index < -0.39 is 0 Å². The number of rotatable bonds is 8. The Morgan fingerprint density at radius 3 is 2.68 bits per heavy atom. The van der Waals surface area contributed by atoms with Gasteiger partial charge in [0, 0.05) is 30.5 Å². The second kappa shape index (κ2) is 9.54. The van der Waals surface area contributed by atoms with E-state index in [1.807, 2.05) is 38.9 Å².